The fourth-order valence-electron chi connectivity index (χ4n) is 2.55. The summed E-state index contributed by atoms with van der Waals surface area (Å²) in [7, 11) is 1.94. The van der Waals surface area contributed by atoms with E-state index in [1.54, 1.807) is 0 Å². The molecule has 0 saturated carbocycles. The number of hydrogen-bond donors (Lipinski definition) is 1. The minimum Gasteiger partial charge on any atom is -0.490 e. The van der Waals surface area contributed by atoms with Gasteiger partial charge in [0.1, 0.15) is 0 Å². The van der Waals surface area contributed by atoms with Gasteiger partial charge in [0.25, 0.3) is 0 Å². The molecule has 1 aliphatic heterocycles. The number of fused-ring (bicyclic) bond motifs is 1. The molecule has 5 heteroatoms. The van der Waals surface area contributed by atoms with Gasteiger partial charge in [0, 0.05) is 43.9 Å². The van der Waals surface area contributed by atoms with Crippen LogP contribution in [0.25, 0.3) is 0 Å². The Morgan fingerprint density at radius 1 is 1.19 bits per heavy atom. The van der Waals surface area contributed by atoms with Crippen LogP contribution in [0.1, 0.15) is 23.2 Å². The lowest BCUT2D eigenvalue weighted by Gasteiger charge is -2.12. The fraction of sp³-hybridized carbons (Fsp3) is 0.438. The van der Waals surface area contributed by atoms with Gasteiger partial charge in [-0.1, -0.05) is 12.1 Å². The van der Waals surface area contributed by atoms with Gasteiger partial charge < -0.3 is 14.8 Å². The van der Waals surface area contributed by atoms with Crippen LogP contribution in [0.2, 0.25) is 0 Å². The molecule has 0 atom stereocenters. The average molecular weight is 287 g/mol. The maximum absolute atomic E-state index is 5.83. The second kappa shape index (κ2) is 6.18. The summed E-state index contributed by atoms with van der Waals surface area (Å²) in [5.74, 6) is 1.73. The molecule has 1 N–H and O–H groups in total. The summed E-state index contributed by atoms with van der Waals surface area (Å²) in [5, 5.41) is 7.81. The van der Waals surface area contributed by atoms with E-state index in [0.29, 0.717) is 6.61 Å². The van der Waals surface area contributed by atoms with Crippen molar-refractivity contribution in [3.63, 3.8) is 0 Å². The molecule has 0 fully saturated rings. The monoisotopic (exact) mass is 287 g/mol. The lowest BCUT2D eigenvalue weighted by molar-refractivity contribution is 0.296. The van der Waals surface area contributed by atoms with E-state index in [0.717, 1.165) is 48.9 Å². The van der Waals surface area contributed by atoms with Gasteiger partial charge in [-0.25, -0.2) is 0 Å². The summed E-state index contributed by atoms with van der Waals surface area (Å²) >= 11 is 0. The second-order valence-electron chi connectivity index (χ2n) is 5.31. The quantitative estimate of drug-likeness (QED) is 0.936. The van der Waals surface area contributed by atoms with E-state index < -0.39 is 0 Å². The molecule has 0 amide bonds. The standard InChI is InChI=1S/C16H21N3O2/c1-12-14(11-19(2)18-12)10-17-9-13-5-3-6-15-16(13)21-8-4-7-20-15/h3,5-6,11,17H,4,7-10H2,1-2H3. The van der Waals surface area contributed by atoms with Crippen LogP contribution in [0.15, 0.2) is 24.4 Å². The highest BCUT2D eigenvalue weighted by molar-refractivity contribution is 5.47. The summed E-state index contributed by atoms with van der Waals surface area (Å²) < 4.78 is 13.4. The molecule has 0 saturated heterocycles. The van der Waals surface area contributed by atoms with Gasteiger partial charge in [-0.05, 0) is 13.0 Å². The second-order valence-corrected chi connectivity index (χ2v) is 5.31. The van der Waals surface area contributed by atoms with Crippen molar-refractivity contribution in [2.24, 2.45) is 7.05 Å². The zero-order chi connectivity index (χ0) is 14.7. The minimum atomic E-state index is 0.714. The third-order valence-electron chi connectivity index (χ3n) is 3.60. The Morgan fingerprint density at radius 2 is 2.00 bits per heavy atom. The van der Waals surface area contributed by atoms with E-state index in [9.17, 15) is 0 Å². The molecular weight excluding hydrogens is 266 g/mol. The Kier molecular flexibility index (Phi) is 4.10. The molecule has 0 aliphatic carbocycles. The number of para-hydroxylation sites is 1. The van der Waals surface area contributed by atoms with Gasteiger partial charge in [-0.2, -0.15) is 5.10 Å². The fourth-order valence-corrected chi connectivity index (χ4v) is 2.55. The highest BCUT2D eigenvalue weighted by Crippen LogP contribution is 2.33. The normalized spacial score (nSPS) is 14.0. The third-order valence-corrected chi connectivity index (χ3v) is 3.60. The maximum Gasteiger partial charge on any atom is 0.165 e. The van der Waals surface area contributed by atoms with Crippen molar-refractivity contribution in [2.75, 3.05) is 13.2 Å². The Hall–Kier alpha value is -2.01. The first-order valence-corrected chi connectivity index (χ1v) is 7.31. The maximum atomic E-state index is 5.83. The number of rotatable bonds is 4. The number of aryl methyl sites for hydroxylation is 2. The molecule has 1 aromatic heterocycles. The van der Waals surface area contributed by atoms with E-state index in [1.165, 1.54) is 5.56 Å². The number of benzene rings is 1. The number of aromatic nitrogens is 2. The average Bonchev–Trinajstić information content (AvgIpc) is 2.67. The van der Waals surface area contributed by atoms with E-state index in [4.69, 9.17) is 9.47 Å². The number of nitrogens with zero attached hydrogens (tertiary/aromatic N) is 2. The Balaban J connectivity index is 1.67. The van der Waals surface area contributed by atoms with Gasteiger partial charge in [0.2, 0.25) is 0 Å². The molecule has 112 valence electrons. The van der Waals surface area contributed by atoms with Crippen molar-refractivity contribution in [1.82, 2.24) is 15.1 Å². The van der Waals surface area contributed by atoms with Crippen LogP contribution in [0, 0.1) is 6.92 Å². The summed E-state index contributed by atoms with van der Waals surface area (Å²) in [6.45, 7) is 5.01. The number of nitrogens with one attached hydrogen (secondary N) is 1. The van der Waals surface area contributed by atoms with Crippen LogP contribution < -0.4 is 14.8 Å². The molecule has 0 spiro atoms. The molecular formula is C16H21N3O2. The smallest absolute Gasteiger partial charge is 0.165 e. The van der Waals surface area contributed by atoms with E-state index in [-0.39, 0.29) is 0 Å². The van der Waals surface area contributed by atoms with Gasteiger partial charge >= 0.3 is 0 Å². The topological polar surface area (TPSA) is 48.3 Å². The Bertz CT molecular complexity index is 622. The van der Waals surface area contributed by atoms with Crippen LogP contribution >= 0.6 is 0 Å². The van der Waals surface area contributed by atoms with Crippen LogP contribution in [0.4, 0.5) is 0 Å². The predicted octanol–water partition coefficient (Wildman–Crippen LogP) is 2.18. The molecule has 21 heavy (non-hydrogen) atoms. The van der Waals surface area contributed by atoms with Crippen LogP contribution in [0.3, 0.4) is 0 Å². The zero-order valence-corrected chi connectivity index (χ0v) is 12.6. The predicted molar refractivity (Wildman–Crippen MR) is 80.5 cm³/mol. The van der Waals surface area contributed by atoms with Gasteiger partial charge in [0.15, 0.2) is 11.5 Å². The van der Waals surface area contributed by atoms with E-state index >= 15 is 0 Å². The van der Waals surface area contributed by atoms with Gasteiger partial charge in [0.05, 0.1) is 18.9 Å². The molecule has 0 radical (unpaired) electrons. The third kappa shape index (κ3) is 3.19. The van der Waals surface area contributed by atoms with E-state index in [2.05, 4.69) is 16.5 Å². The first-order valence-electron chi connectivity index (χ1n) is 7.31. The lowest BCUT2D eigenvalue weighted by Crippen LogP contribution is -2.14. The molecule has 3 rings (SSSR count). The summed E-state index contributed by atoms with van der Waals surface area (Å²) in [6.07, 6.45) is 2.98. The van der Waals surface area contributed by atoms with Crippen molar-refractivity contribution < 1.29 is 9.47 Å². The van der Waals surface area contributed by atoms with Gasteiger partial charge in [-0.3, -0.25) is 4.68 Å². The Labute approximate surface area is 124 Å². The van der Waals surface area contributed by atoms with Crippen LogP contribution in [-0.4, -0.2) is 23.0 Å². The van der Waals surface area contributed by atoms with Crippen molar-refractivity contribution in [3.05, 3.63) is 41.2 Å². The lowest BCUT2D eigenvalue weighted by atomic mass is 10.1. The molecule has 1 aromatic carbocycles. The first-order chi connectivity index (χ1) is 10.2. The molecule has 5 nitrogen and oxygen atoms in total. The van der Waals surface area contributed by atoms with Crippen molar-refractivity contribution in [1.29, 1.82) is 0 Å². The van der Waals surface area contributed by atoms with Crippen molar-refractivity contribution >= 4 is 0 Å². The molecule has 0 unspecified atom stereocenters. The van der Waals surface area contributed by atoms with Crippen LogP contribution in [0.5, 0.6) is 11.5 Å². The van der Waals surface area contributed by atoms with Crippen molar-refractivity contribution in [3.8, 4) is 11.5 Å². The largest absolute Gasteiger partial charge is 0.490 e. The first kappa shape index (κ1) is 13.9. The highest BCUT2D eigenvalue weighted by Gasteiger charge is 2.14. The molecule has 0 bridgehead atoms. The van der Waals surface area contributed by atoms with Crippen LogP contribution in [-0.2, 0) is 20.1 Å². The number of ether oxygens (including phenoxy) is 2. The minimum absolute atomic E-state index is 0.714. The highest BCUT2D eigenvalue weighted by atomic mass is 16.5. The SMILES string of the molecule is Cc1nn(C)cc1CNCc1cccc2c1OCCCO2. The number of hydrogen-bond acceptors (Lipinski definition) is 4. The summed E-state index contributed by atoms with van der Waals surface area (Å²) in [4.78, 5) is 0. The summed E-state index contributed by atoms with van der Waals surface area (Å²) in [5.41, 5.74) is 3.42. The van der Waals surface area contributed by atoms with Crippen molar-refractivity contribution in [2.45, 2.75) is 26.4 Å². The zero-order valence-electron chi connectivity index (χ0n) is 12.6. The molecule has 1 aliphatic rings. The Morgan fingerprint density at radius 3 is 2.81 bits per heavy atom. The van der Waals surface area contributed by atoms with E-state index in [1.807, 2.05) is 37.0 Å². The summed E-state index contributed by atoms with van der Waals surface area (Å²) in [6, 6.07) is 6.06. The molecule has 2 heterocycles. The van der Waals surface area contributed by atoms with Gasteiger partial charge in [-0.15, -0.1) is 0 Å². The molecule has 2 aromatic rings.